The second-order valence-corrected chi connectivity index (χ2v) is 6.42. The fourth-order valence-corrected chi connectivity index (χ4v) is 3.32. The van der Waals surface area contributed by atoms with Crippen LogP contribution in [0.15, 0.2) is 0 Å². The molecule has 0 saturated carbocycles. The predicted octanol–water partition coefficient (Wildman–Crippen LogP) is 1.04. The minimum absolute atomic E-state index is 0.244. The Bertz CT molecular complexity index is 381. The average molecular weight is 268 g/mol. The van der Waals surface area contributed by atoms with Crippen LogP contribution in [0.4, 0.5) is 0 Å². The fraction of sp³-hybridized carbons (Fsp3) is 0.857. The van der Waals surface area contributed by atoms with Crippen molar-refractivity contribution in [2.24, 2.45) is 11.3 Å². The van der Waals surface area contributed by atoms with Crippen molar-refractivity contribution in [3.05, 3.63) is 0 Å². The van der Waals surface area contributed by atoms with Crippen LogP contribution in [-0.2, 0) is 9.59 Å². The van der Waals surface area contributed by atoms with E-state index in [1.807, 2.05) is 0 Å². The van der Waals surface area contributed by atoms with E-state index < -0.39 is 11.4 Å². The minimum atomic E-state index is -1.31. The van der Waals surface area contributed by atoms with Crippen molar-refractivity contribution < 1.29 is 14.7 Å². The Morgan fingerprint density at radius 1 is 1.21 bits per heavy atom. The molecule has 2 heterocycles. The minimum Gasteiger partial charge on any atom is -0.480 e. The molecule has 2 aliphatic heterocycles. The number of hydrogen-bond acceptors (Lipinski definition) is 3. The molecule has 0 radical (unpaired) electrons. The van der Waals surface area contributed by atoms with Gasteiger partial charge in [0, 0.05) is 19.1 Å². The van der Waals surface area contributed by atoms with Gasteiger partial charge in [0.2, 0.25) is 5.91 Å². The Kier molecular flexibility index (Phi) is 3.85. The summed E-state index contributed by atoms with van der Waals surface area (Å²) in [6, 6.07) is 0.561. The predicted molar refractivity (Wildman–Crippen MR) is 71.8 cm³/mol. The molecule has 0 spiro atoms. The number of amides is 1. The molecule has 108 valence electrons. The molecule has 2 unspecified atom stereocenters. The first-order chi connectivity index (χ1) is 8.84. The molecular formula is C14H24N2O3. The van der Waals surface area contributed by atoms with Gasteiger partial charge < -0.3 is 14.9 Å². The lowest BCUT2D eigenvalue weighted by Gasteiger charge is -2.46. The zero-order valence-corrected chi connectivity index (χ0v) is 12.1. The summed E-state index contributed by atoms with van der Waals surface area (Å²) in [5, 5.41) is 9.16. The second kappa shape index (κ2) is 5.12. The van der Waals surface area contributed by atoms with Gasteiger partial charge in [-0.1, -0.05) is 0 Å². The Balaban J connectivity index is 2.05. The van der Waals surface area contributed by atoms with E-state index in [1.165, 1.54) is 20.3 Å². The van der Waals surface area contributed by atoms with Crippen LogP contribution in [0.25, 0.3) is 0 Å². The van der Waals surface area contributed by atoms with Crippen LogP contribution in [0.2, 0.25) is 0 Å². The molecule has 5 heteroatoms. The van der Waals surface area contributed by atoms with Gasteiger partial charge in [0.25, 0.3) is 0 Å². The van der Waals surface area contributed by atoms with E-state index in [2.05, 4.69) is 11.9 Å². The molecule has 2 rings (SSSR count). The van der Waals surface area contributed by atoms with E-state index in [9.17, 15) is 9.59 Å². The number of fused-ring (bicyclic) bond motifs is 1. The summed E-state index contributed by atoms with van der Waals surface area (Å²) in [6.07, 6.45) is 3.27. The molecule has 0 aromatic rings. The van der Waals surface area contributed by atoms with Gasteiger partial charge in [-0.15, -0.1) is 0 Å². The number of carboxylic acid groups (broad SMARTS) is 1. The number of piperidine rings is 2. The van der Waals surface area contributed by atoms with Crippen LogP contribution < -0.4 is 0 Å². The highest BCUT2D eigenvalue weighted by molar-refractivity contribution is 6.01. The summed E-state index contributed by atoms with van der Waals surface area (Å²) in [5.41, 5.74) is -1.31. The first kappa shape index (κ1) is 14.3. The van der Waals surface area contributed by atoms with Gasteiger partial charge in [0.1, 0.15) is 5.41 Å². The van der Waals surface area contributed by atoms with Crippen LogP contribution in [0.5, 0.6) is 0 Å². The molecule has 2 atom stereocenters. The van der Waals surface area contributed by atoms with Crippen LogP contribution in [0, 0.1) is 11.3 Å². The maximum absolute atomic E-state index is 12.3. The molecule has 0 bridgehead atoms. The smallest absolute Gasteiger partial charge is 0.318 e. The summed E-state index contributed by atoms with van der Waals surface area (Å²) in [7, 11) is 2.15. The summed E-state index contributed by atoms with van der Waals surface area (Å²) in [5.74, 6) is -0.784. The lowest BCUT2D eigenvalue weighted by Crippen LogP contribution is -2.56. The molecule has 0 aliphatic carbocycles. The highest BCUT2D eigenvalue weighted by Crippen LogP contribution is 2.31. The monoisotopic (exact) mass is 268 g/mol. The van der Waals surface area contributed by atoms with Gasteiger partial charge in [0.15, 0.2) is 0 Å². The van der Waals surface area contributed by atoms with Crippen molar-refractivity contribution in [1.29, 1.82) is 0 Å². The SMILES string of the molecule is CN1CCCC2CN(C(=O)C(C)(C)C(=O)O)CCC21. The number of carbonyl (C=O) groups excluding carboxylic acids is 1. The van der Waals surface area contributed by atoms with Crippen LogP contribution in [-0.4, -0.2) is 59.5 Å². The highest BCUT2D eigenvalue weighted by atomic mass is 16.4. The highest BCUT2D eigenvalue weighted by Gasteiger charge is 2.43. The van der Waals surface area contributed by atoms with Gasteiger partial charge in [-0.2, -0.15) is 0 Å². The summed E-state index contributed by atoms with van der Waals surface area (Å²) in [6.45, 7) is 5.52. The van der Waals surface area contributed by atoms with Crippen molar-refractivity contribution >= 4 is 11.9 Å². The lowest BCUT2D eigenvalue weighted by atomic mass is 9.82. The van der Waals surface area contributed by atoms with Crippen molar-refractivity contribution in [1.82, 2.24) is 9.80 Å². The normalized spacial score (nSPS) is 28.9. The van der Waals surface area contributed by atoms with Gasteiger partial charge in [-0.3, -0.25) is 9.59 Å². The Hall–Kier alpha value is -1.10. The quantitative estimate of drug-likeness (QED) is 0.760. The van der Waals surface area contributed by atoms with Crippen molar-refractivity contribution in [3.63, 3.8) is 0 Å². The third-order valence-electron chi connectivity index (χ3n) is 4.70. The molecule has 2 saturated heterocycles. The van der Waals surface area contributed by atoms with Crippen molar-refractivity contribution in [3.8, 4) is 0 Å². The summed E-state index contributed by atoms with van der Waals surface area (Å²) < 4.78 is 0. The third-order valence-corrected chi connectivity index (χ3v) is 4.70. The number of carboxylic acids is 1. The summed E-state index contributed by atoms with van der Waals surface area (Å²) in [4.78, 5) is 27.7. The van der Waals surface area contributed by atoms with Gasteiger partial charge in [-0.05, 0) is 52.6 Å². The topological polar surface area (TPSA) is 60.9 Å². The Morgan fingerprint density at radius 3 is 2.53 bits per heavy atom. The van der Waals surface area contributed by atoms with Crippen molar-refractivity contribution in [2.75, 3.05) is 26.7 Å². The first-order valence-electron chi connectivity index (χ1n) is 7.07. The largest absolute Gasteiger partial charge is 0.480 e. The molecule has 5 nitrogen and oxygen atoms in total. The van der Waals surface area contributed by atoms with Crippen molar-refractivity contribution in [2.45, 2.75) is 39.2 Å². The van der Waals surface area contributed by atoms with Gasteiger partial charge in [-0.25, -0.2) is 0 Å². The zero-order chi connectivity index (χ0) is 14.2. The van der Waals surface area contributed by atoms with E-state index >= 15 is 0 Å². The molecule has 2 fully saturated rings. The number of hydrogen-bond donors (Lipinski definition) is 1. The molecule has 0 aromatic carbocycles. The van der Waals surface area contributed by atoms with Gasteiger partial charge in [0.05, 0.1) is 0 Å². The van der Waals surface area contributed by atoms with E-state index in [-0.39, 0.29) is 5.91 Å². The van der Waals surface area contributed by atoms with E-state index in [0.29, 0.717) is 25.0 Å². The van der Waals surface area contributed by atoms with Crippen LogP contribution in [0.1, 0.15) is 33.1 Å². The number of aliphatic carboxylic acids is 1. The van der Waals surface area contributed by atoms with Crippen LogP contribution >= 0.6 is 0 Å². The number of rotatable bonds is 2. The maximum Gasteiger partial charge on any atom is 0.318 e. The maximum atomic E-state index is 12.3. The van der Waals surface area contributed by atoms with Gasteiger partial charge >= 0.3 is 5.97 Å². The van der Waals surface area contributed by atoms with E-state index in [1.54, 1.807) is 4.90 Å². The number of nitrogens with zero attached hydrogens (tertiary/aromatic N) is 2. The second-order valence-electron chi connectivity index (χ2n) is 6.42. The molecule has 0 aromatic heterocycles. The van der Waals surface area contributed by atoms with E-state index in [4.69, 9.17) is 5.11 Å². The standard InChI is InChI=1S/C14H24N2O3/c1-14(2,13(18)19)12(17)16-8-6-11-10(9-16)5-4-7-15(11)3/h10-11H,4-9H2,1-3H3,(H,18,19). The first-order valence-corrected chi connectivity index (χ1v) is 7.07. The molecule has 1 N–H and O–H groups in total. The third kappa shape index (κ3) is 2.61. The van der Waals surface area contributed by atoms with E-state index in [0.717, 1.165) is 19.4 Å². The van der Waals surface area contributed by atoms with Crippen LogP contribution in [0.3, 0.4) is 0 Å². The lowest BCUT2D eigenvalue weighted by molar-refractivity contribution is -0.159. The average Bonchev–Trinajstić information content (AvgIpc) is 2.37. The fourth-order valence-electron chi connectivity index (χ4n) is 3.32. The summed E-state index contributed by atoms with van der Waals surface area (Å²) >= 11 is 0. The molecular weight excluding hydrogens is 244 g/mol. The Morgan fingerprint density at radius 2 is 1.89 bits per heavy atom. The Labute approximate surface area is 114 Å². The zero-order valence-electron chi connectivity index (χ0n) is 12.1. The number of carbonyl (C=O) groups is 2. The number of likely N-dealkylation sites (tertiary alicyclic amines) is 2. The molecule has 19 heavy (non-hydrogen) atoms. The molecule has 2 aliphatic rings. The molecule has 1 amide bonds.